The zero-order valence-electron chi connectivity index (χ0n) is 16.1. The molecule has 1 aliphatic rings. The molecule has 0 bridgehead atoms. The first-order valence-electron chi connectivity index (χ1n) is 8.73. The number of rotatable bonds is 5. The molecule has 0 aliphatic carbocycles. The highest BCUT2D eigenvalue weighted by Crippen LogP contribution is 2.45. The van der Waals surface area contributed by atoms with E-state index in [2.05, 4.69) is 52.6 Å². The quantitative estimate of drug-likeness (QED) is 0.587. The second-order valence-corrected chi connectivity index (χ2v) is 13.7. The number of ether oxygens (including phenoxy) is 1. The topological polar surface area (TPSA) is 43.0 Å². The third kappa shape index (κ3) is 4.79. The van der Waals surface area contributed by atoms with Gasteiger partial charge >= 0.3 is 6.23 Å². The summed E-state index contributed by atoms with van der Waals surface area (Å²) in [6.07, 6.45) is 0.857. The van der Waals surface area contributed by atoms with Gasteiger partial charge in [-0.2, -0.15) is 0 Å². The van der Waals surface area contributed by atoms with Crippen LogP contribution < -0.4 is 0 Å². The molecule has 1 rings (SSSR count). The third-order valence-electron chi connectivity index (χ3n) is 5.74. The molecule has 4 nitrogen and oxygen atoms in total. The molecule has 0 saturated carbocycles. The summed E-state index contributed by atoms with van der Waals surface area (Å²) < 4.78 is 12.6. The van der Waals surface area contributed by atoms with E-state index >= 15 is 0 Å². The Balaban J connectivity index is 3.02. The highest BCUT2D eigenvalue weighted by molar-refractivity contribution is 6.74. The van der Waals surface area contributed by atoms with Crippen molar-refractivity contribution in [2.45, 2.75) is 103 Å². The molecule has 1 heterocycles. The lowest BCUT2D eigenvalue weighted by molar-refractivity contribution is -0.166. The lowest BCUT2D eigenvalue weighted by Gasteiger charge is -2.49. The lowest BCUT2D eigenvalue weighted by Crippen LogP contribution is -2.56. The maximum Gasteiger partial charge on any atom is 0.330 e. The van der Waals surface area contributed by atoms with Crippen LogP contribution in [0.5, 0.6) is 0 Å². The Morgan fingerprint density at radius 3 is 2.39 bits per heavy atom. The van der Waals surface area contributed by atoms with Gasteiger partial charge in [-0.15, -0.1) is 0 Å². The predicted molar refractivity (Wildman–Crippen MR) is 96.6 cm³/mol. The molecule has 4 atom stereocenters. The van der Waals surface area contributed by atoms with Crippen molar-refractivity contribution in [3.8, 4) is 0 Å². The SMILES string of the molecule is [C-]#[N+][C@@H]1C[C@@H](O[Si](C)(C)C(C)(C)C)C(C)(C)[C@@H](CC(O)CC)O1. The molecule has 1 fully saturated rings. The van der Waals surface area contributed by atoms with Gasteiger partial charge in [0.2, 0.25) is 0 Å². The zero-order chi connectivity index (χ0) is 18.1. The van der Waals surface area contributed by atoms with Crippen molar-refractivity contribution in [1.82, 2.24) is 0 Å². The van der Waals surface area contributed by atoms with E-state index in [1.165, 1.54) is 0 Å². The van der Waals surface area contributed by atoms with Gasteiger partial charge in [-0.3, -0.25) is 4.85 Å². The van der Waals surface area contributed by atoms with Crippen LogP contribution in [-0.2, 0) is 9.16 Å². The summed E-state index contributed by atoms with van der Waals surface area (Å²) in [5, 5.41) is 10.2. The minimum atomic E-state index is -1.92. The van der Waals surface area contributed by atoms with Crippen molar-refractivity contribution in [1.29, 1.82) is 0 Å². The van der Waals surface area contributed by atoms with Crippen LogP contribution in [0.15, 0.2) is 0 Å². The number of hydrogen-bond acceptors (Lipinski definition) is 3. The zero-order valence-corrected chi connectivity index (χ0v) is 17.1. The number of hydrogen-bond donors (Lipinski definition) is 1. The average Bonchev–Trinajstić information content (AvgIpc) is 2.41. The van der Waals surface area contributed by atoms with Gasteiger partial charge in [0, 0.05) is 11.8 Å². The average molecular weight is 342 g/mol. The van der Waals surface area contributed by atoms with Gasteiger partial charge in [-0.1, -0.05) is 41.5 Å². The van der Waals surface area contributed by atoms with Crippen LogP contribution in [0.2, 0.25) is 18.1 Å². The van der Waals surface area contributed by atoms with Gasteiger partial charge in [0.25, 0.3) is 0 Å². The maximum atomic E-state index is 10.1. The number of aliphatic hydroxyl groups is 1. The summed E-state index contributed by atoms with van der Waals surface area (Å²) in [6.45, 7) is 24.9. The molecule has 1 aliphatic heterocycles. The van der Waals surface area contributed by atoms with E-state index in [0.717, 1.165) is 0 Å². The molecule has 0 aromatic rings. The van der Waals surface area contributed by atoms with Crippen LogP contribution in [0.3, 0.4) is 0 Å². The Bertz CT molecular complexity index is 437. The smallest absolute Gasteiger partial charge is 0.330 e. The van der Waals surface area contributed by atoms with Gasteiger partial charge in [-0.25, -0.2) is 6.57 Å². The van der Waals surface area contributed by atoms with Gasteiger partial charge < -0.3 is 14.3 Å². The van der Waals surface area contributed by atoms with E-state index in [1.807, 2.05) is 6.92 Å². The van der Waals surface area contributed by atoms with Crippen molar-refractivity contribution < 1.29 is 14.3 Å². The van der Waals surface area contributed by atoms with Gasteiger partial charge in [0.15, 0.2) is 8.32 Å². The second kappa shape index (κ2) is 7.22. The second-order valence-electron chi connectivity index (χ2n) is 8.93. The molecule has 0 radical (unpaired) electrons. The minimum Gasteiger partial charge on any atom is -0.413 e. The molecule has 0 amide bonds. The summed E-state index contributed by atoms with van der Waals surface area (Å²) in [5.41, 5.74) is -0.215. The molecule has 0 aromatic carbocycles. The lowest BCUT2D eigenvalue weighted by atomic mass is 9.75. The van der Waals surface area contributed by atoms with Gasteiger partial charge in [0.1, 0.15) is 0 Å². The van der Waals surface area contributed by atoms with Crippen molar-refractivity contribution in [2.24, 2.45) is 5.41 Å². The van der Waals surface area contributed by atoms with E-state index in [9.17, 15) is 5.11 Å². The van der Waals surface area contributed by atoms with Crippen molar-refractivity contribution >= 4 is 8.32 Å². The van der Waals surface area contributed by atoms with Crippen molar-refractivity contribution in [3.63, 3.8) is 0 Å². The standard InChI is InChI=1S/C18H35NO3Si/c1-10-13(20)11-14-18(5,6)15(12-16(19-7)21-14)22-23(8,9)17(2,3)4/h13-16,20H,10-12H2,1-6,8-9H3/t13?,14-,15-,16+/m1/s1. The molecule has 1 N–H and O–H groups in total. The predicted octanol–water partition coefficient (Wildman–Crippen LogP) is 4.60. The van der Waals surface area contributed by atoms with Crippen LogP contribution in [-0.4, -0.2) is 38.0 Å². The minimum absolute atomic E-state index is 0.00898. The van der Waals surface area contributed by atoms with Crippen LogP contribution >= 0.6 is 0 Å². The highest BCUT2D eigenvalue weighted by atomic mass is 28.4. The molecule has 0 aromatic heterocycles. The fourth-order valence-electron chi connectivity index (χ4n) is 2.70. The van der Waals surface area contributed by atoms with Crippen LogP contribution in [0.4, 0.5) is 0 Å². The Morgan fingerprint density at radius 1 is 1.39 bits per heavy atom. The number of aliphatic hydroxyl groups excluding tert-OH is 1. The Kier molecular flexibility index (Phi) is 6.48. The van der Waals surface area contributed by atoms with E-state index in [4.69, 9.17) is 15.7 Å². The van der Waals surface area contributed by atoms with E-state index < -0.39 is 20.6 Å². The largest absolute Gasteiger partial charge is 0.413 e. The molecule has 134 valence electrons. The maximum absolute atomic E-state index is 10.1. The molecular formula is C18H35NO3Si. The van der Waals surface area contributed by atoms with Gasteiger partial charge in [-0.05, 0) is 24.6 Å². The molecule has 1 unspecified atom stereocenters. The Hall–Kier alpha value is -0.413. The monoisotopic (exact) mass is 341 g/mol. The Morgan fingerprint density at radius 2 is 1.96 bits per heavy atom. The molecule has 23 heavy (non-hydrogen) atoms. The molecular weight excluding hydrogens is 306 g/mol. The van der Waals surface area contributed by atoms with Crippen LogP contribution in [0, 0.1) is 12.0 Å². The van der Waals surface area contributed by atoms with Crippen LogP contribution in [0.1, 0.15) is 60.8 Å². The first-order valence-corrected chi connectivity index (χ1v) is 11.6. The normalized spacial score (nSPS) is 29.8. The molecule has 5 heteroatoms. The van der Waals surface area contributed by atoms with E-state index in [1.54, 1.807) is 0 Å². The van der Waals surface area contributed by atoms with E-state index in [-0.39, 0.29) is 22.7 Å². The Labute approximate surface area is 143 Å². The third-order valence-corrected chi connectivity index (χ3v) is 10.2. The fourth-order valence-corrected chi connectivity index (χ4v) is 4.17. The van der Waals surface area contributed by atoms with Crippen LogP contribution in [0.25, 0.3) is 4.85 Å². The van der Waals surface area contributed by atoms with Gasteiger partial charge in [0.05, 0.1) is 24.7 Å². The summed E-state index contributed by atoms with van der Waals surface area (Å²) in [4.78, 5) is 3.62. The first-order chi connectivity index (χ1) is 10.3. The summed E-state index contributed by atoms with van der Waals surface area (Å²) in [7, 11) is -1.92. The van der Waals surface area contributed by atoms with Crippen molar-refractivity contribution in [3.05, 3.63) is 11.4 Å². The van der Waals surface area contributed by atoms with E-state index in [0.29, 0.717) is 19.3 Å². The molecule has 0 spiro atoms. The summed E-state index contributed by atoms with van der Waals surface area (Å²) >= 11 is 0. The summed E-state index contributed by atoms with van der Waals surface area (Å²) in [5.74, 6) is 0. The first kappa shape index (κ1) is 20.6. The summed E-state index contributed by atoms with van der Waals surface area (Å²) in [6, 6.07) is 0. The fraction of sp³-hybridized carbons (Fsp3) is 0.944. The van der Waals surface area contributed by atoms with Crippen molar-refractivity contribution in [2.75, 3.05) is 0 Å². The molecule has 1 saturated heterocycles. The highest BCUT2D eigenvalue weighted by Gasteiger charge is 2.51. The number of nitrogens with zero attached hydrogens (tertiary/aromatic N) is 1.